The Morgan fingerprint density at radius 3 is 1.56 bits per heavy atom. The van der Waals surface area contributed by atoms with Gasteiger partial charge in [-0.1, -0.05) is 27.7 Å². The summed E-state index contributed by atoms with van der Waals surface area (Å²) in [4.78, 5) is 0. The van der Waals surface area contributed by atoms with Gasteiger partial charge < -0.3 is 0 Å². The van der Waals surface area contributed by atoms with Crippen molar-refractivity contribution in [2.24, 2.45) is 11.8 Å². The summed E-state index contributed by atoms with van der Waals surface area (Å²) in [5.74, 6) is 1.27. The molecule has 98 valence electrons. The van der Waals surface area contributed by atoms with E-state index < -0.39 is 0 Å². The molecule has 4 heteroatoms. The Bertz CT molecular complexity index is 447. The Kier molecular flexibility index (Phi) is 3.84. The largest absolute Gasteiger partial charge is 0.282 e. The second-order valence-electron chi connectivity index (χ2n) is 5.75. The van der Waals surface area contributed by atoms with Crippen LogP contribution in [0.4, 0.5) is 0 Å². The van der Waals surface area contributed by atoms with Crippen molar-refractivity contribution in [1.29, 1.82) is 0 Å². The van der Waals surface area contributed by atoms with E-state index in [-0.39, 0.29) is 0 Å². The summed E-state index contributed by atoms with van der Waals surface area (Å²) in [6.07, 6.45) is 2.05. The van der Waals surface area contributed by atoms with E-state index in [0.717, 1.165) is 24.2 Å². The van der Waals surface area contributed by atoms with E-state index in [2.05, 4.69) is 60.2 Å². The molecule has 0 amide bonds. The molecule has 0 aliphatic heterocycles. The van der Waals surface area contributed by atoms with Crippen LogP contribution in [0.5, 0.6) is 0 Å². The number of hydrogen-bond acceptors (Lipinski definition) is 2. The predicted molar refractivity (Wildman–Crippen MR) is 73.3 cm³/mol. The van der Waals surface area contributed by atoms with Crippen molar-refractivity contribution in [1.82, 2.24) is 20.4 Å². The Morgan fingerprint density at radius 1 is 0.833 bits per heavy atom. The topological polar surface area (TPSA) is 57.4 Å². The van der Waals surface area contributed by atoms with Crippen LogP contribution in [0.15, 0.2) is 12.1 Å². The highest BCUT2D eigenvalue weighted by Crippen LogP contribution is 2.18. The fourth-order valence-corrected chi connectivity index (χ4v) is 2.07. The number of rotatable bonds is 5. The first-order chi connectivity index (χ1) is 8.54. The van der Waals surface area contributed by atoms with Crippen LogP contribution in [-0.2, 0) is 12.8 Å². The zero-order chi connectivity index (χ0) is 13.1. The monoisotopic (exact) mass is 246 g/mol. The molecule has 4 nitrogen and oxygen atoms in total. The summed E-state index contributed by atoms with van der Waals surface area (Å²) in [7, 11) is 0. The Labute approximate surface area is 108 Å². The normalized spacial score (nSPS) is 11.7. The van der Waals surface area contributed by atoms with Crippen LogP contribution in [-0.4, -0.2) is 20.4 Å². The number of aromatic nitrogens is 4. The first-order valence-electron chi connectivity index (χ1n) is 6.63. The molecule has 2 heterocycles. The molecule has 0 bridgehead atoms. The third kappa shape index (κ3) is 3.22. The SMILES string of the molecule is CC(C)Cc1cc(-c2cc(CC(C)C)[nH]n2)n[nH]1. The molecule has 0 spiro atoms. The molecule has 2 aromatic rings. The zero-order valence-corrected chi connectivity index (χ0v) is 11.6. The van der Waals surface area contributed by atoms with Gasteiger partial charge in [-0.05, 0) is 36.8 Å². The number of hydrogen-bond donors (Lipinski definition) is 2. The lowest BCUT2D eigenvalue weighted by atomic mass is 10.1. The van der Waals surface area contributed by atoms with Gasteiger partial charge in [0.05, 0.1) is 0 Å². The molecule has 2 aromatic heterocycles. The van der Waals surface area contributed by atoms with Crippen molar-refractivity contribution in [3.8, 4) is 11.4 Å². The van der Waals surface area contributed by atoms with Crippen molar-refractivity contribution >= 4 is 0 Å². The van der Waals surface area contributed by atoms with Crippen LogP contribution in [0.1, 0.15) is 39.1 Å². The predicted octanol–water partition coefficient (Wildman–Crippen LogP) is 3.20. The molecule has 2 N–H and O–H groups in total. The summed E-state index contributed by atoms with van der Waals surface area (Å²) < 4.78 is 0. The van der Waals surface area contributed by atoms with Gasteiger partial charge in [0.15, 0.2) is 0 Å². The molecule has 2 rings (SSSR count). The minimum absolute atomic E-state index is 0.633. The average Bonchev–Trinajstić information content (AvgIpc) is 2.85. The minimum atomic E-state index is 0.633. The third-order valence-electron chi connectivity index (χ3n) is 2.78. The van der Waals surface area contributed by atoms with E-state index in [1.54, 1.807) is 0 Å². The molecule has 0 radical (unpaired) electrons. The number of nitrogens with zero attached hydrogens (tertiary/aromatic N) is 2. The van der Waals surface area contributed by atoms with E-state index in [1.807, 2.05) is 0 Å². The summed E-state index contributed by atoms with van der Waals surface area (Å²) in [5.41, 5.74) is 4.20. The van der Waals surface area contributed by atoms with Gasteiger partial charge in [-0.15, -0.1) is 0 Å². The van der Waals surface area contributed by atoms with Crippen molar-refractivity contribution in [3.05, 3.63) is 23.5 Å². The molecule has 0 unspecified atom stereocenters. The average molecular weight is 246 g/mol. The van der Waals surface area contributed by atoms with E-state index in [0.29, 0.717) is 11.8 Å². The highest BCUT2D eigenvalue weighted by atomic mass is 15.2. The van der Waals surface area contributed by atoms with Gasteiger partial charge in [0, 0.05) is 11.4 Å². The van der Waals surface area contributed by atoms with Crippen LogP contribution < -0.4 is 0 Å². The van der Waals surface area contributed by atoms with Gasteiger partial charge >= 0.3 is 0 Å². The van der Waals surface area contributed by atoms with Gasteiger partial charge in [0.2, 0.25) is 0 Å². The van der Waals surface area contributed by atoms with E-state index >= 15 is 0 Å². The molecule has 0 atom stereocenters. The van der Waals surface area contributed by atoms with Crippen molar-refractivity contribution in [2.45, 2.75) is 40.5 Å². The van der Waals surface area contributed by atoms with Crippen LogP contribution in [0.3, 0.4) is 0 Å². The maximum absolute atomic E-state index is 4.32. The maximum Gasteiger partial charge on any atom is 0.113 e. The lowest BCUT2D eigenvalue weighted by Crippen LogP contribution is -1.93. The Balaban J connectivity index is 2.11. The fraction of sp³-hybridized carbons (Fsp3) is 0.571. The second-order valence-corrected chi connectivity index (χ2v) is 5.75. The van der Waals surface area contributed by atoms with Crippen LogP contribution in [0.2, 0.25) is 0 Å². The molecule has 0 saturated carbocycles. The lowest BCUT2D eigenvalue weighted by molar-refractivity contribution is 0.633. The summed E-state index contributed by atoms with van der Waals surface area (Å²) >= 11 is 0. The first-order valence-corrected chi connectivity index (χ1v) is 6.63. The van der Waals surface area contributed by atoms with Crippen LogP contribution in [0, 0.1) is 11.8 Å². The Hall–Kier alpha value is -1.58. The van der Waals surface area contributed by atoms with Crippen LogP contribution >= 0.6 is 0 Å². The van der Waals surface area contributed by atoms with Crippen molar-refractivity contribution in [3.63, 3.8) is 0 Å². The summed E-state index contributed by atoms with van der Waals surface area (Å²) in [5, 5.41) is 14.8. The highest BCUT2D eigenvalue weighted by molar-refractivity contribution is 5.54. The van der Waals surface area contributed by atoms with Crippen molar-refractivity contribution < 1.29 is 0 Å². The smallest absolute Gasteiger partial charge is 0.113 e. The van der Waals surface area contributed by atoms with Gasteiger partial charge in [0.25, 0.3) is 0 Å². The number of nitrogens with one attached hydrogen (secondary N) is 2. The minimum Gasteiger partial charge on any atom is -0.282 e. The summed E-state index contributed by atoms with van der Waals surface area (Å²) in [6.45, 7) is 8.82. The molecule has 18 heavy (non-hydrogen) atoms. The van der Waals surface area contributed by atoms with Gasteiger partial charge in [0.1, 0.15) is 11.4 Å². The second kappa shape index (κ2) is 5.38. The van der Waals surface area contributed by atoms with E-state index in [9.17, 15) is 0 Å². The lowest BCUT2D eigenvalue weighted by Gasteiger charge is -1.99. The highest BCUT2D eigenvalue weighted by Gasteiger charge is 2.09. The van der Waals surface area contributed by atoms with Gasteiger partial charge in [-0.3, -0.25) is 10.2 Å². The molecule has 0 saturated heterocycles. The van der Waals surface area contributed by atoms with Crippen LogP contribution in [0.25, 0.3) is 11.4 Å². The molecular weight excluding hydrogens is 224 g/mol. The molecule has 0 aromatic carbocycles. The molecule has 0 aliphatic rings. The first kappa shape index (κ1) is 12.9. The van der Waals surface area contributed by atoms with E-state index in [1.165, 1.54) is 11.4 Å². The molecule has 0 fully saturated rings. The zero-order valence-electron chi connectivity index (χ0n) is 11.6. The third-order valence-corrected chi connectivity index (χ3v) is 2.78. The fourth-order valence-electron chi connectivity index (χ4n) is 2.07. The molecular formula is C14H22N4. The van der Waals surface area contributed by atoms with E-state index in [4.69, 9.17) is 0 Å². The number of aromatic amines is 2. The van der Waals surface area contributed by atoms with Gasteiger partial charge in [-0.25, -0.2) is 0 Å². The van der Waals surface area contributed by atoms with Gasteiger partial charge in [-0.2, -0.15) is 10.2 Å². The number of H-pyrrole nitrogens is 2. The molecule has 0 aliphatic carbocycles. The standard InChI is InChI=1S/C14H22N4/c1-9(2)5-11-7-13(17-15-11)14-8-12(16-18-14)6-10(3)4/h7-10H,5-6H2,1-4H3,(H,15,17)(H,16,18). The maximum atomic E-state index is 4.32. The summed E-state index contributed by atoms with van der Waals surface area (Å²) in [6, 6.07) is 4.19. The Morgan fingerprint density at radius 2 is 1.22 bits per heavy atom. The van der Waals surface area contributed by atoms with Crippen molar-refractivity contribution in [2.75, 3.05) is 0 Å². The quantitative estimate of drug-likeness (QED) is 0.851.